The Hall–Kier alpha value is -6.25. The third kappa shape index (κ3) is 12.1. The van der Waals surface area contributed by atoms with Crippen LogP contribution in [-0.4, -0.2) is 81.8 Å². The Labute approximate surface area is 429 Å². The Morgan fingerprint density at radius 2 is 1.01 bits per heavy atom. The first kappa shape index (κ1) is 47.8. The number of carbonyl (C=O) groups is 1. The molecular formula is C53H52I2N10O4. The van der Waals surface area contributed by atoms with Gasteiger partial charge in [0.1, 0.15) is 17.1 Å². The number of aromatic nitrogens is 8. The molecule has 2 saturated heterocycles. The Balaban J connectivity index is 0.000000175. The largest absolute Gasteiger partial charge is 0.444 e. The molecule has 8 aromatic rings. The van der Waals surface area contributed by atoms with E-state index in [9.17, 15) is 4.79 Å². The maximum atomic E-state index is 12.6. The van der Waals surface area contributed by atoms with Gasteiger partial charge in [0.05, 0.1) is 46.8 Å². The summed E-state index contributed by atoms with van der Waals surface area (Å²) in [6.45, 7) is 8.90. The molecule has 4 aromatic heterocycles. The summed E-state index contributed by atoms with van der Waals surface area (Å²) in [7, 11) is 0. The molecule has 2 aliphatic heterocycles. The van der Waals surface area contributed by atoms with Crippen LogP contribution < -0.4 is 14.8 Å². The van der Waals surface area contributed by atoms with Crippen molar-refractivity contribution in [1.29, 1.82) is 0 Å². The minimum Gasteiger partial charge on any atom is -0.444 e. The molecule has 1 amide bonds. The van der Waals surface area contributed by atoms with E-state index in [4.69, 9.17) is 34.1 Å². The predicted octanol–water partition coefficient (Wildman–Crippen LogP) is 12.3. The van der Waals surface area contributed by atoms with Crippen LogP contribution in [-0.2, 0) is 4.74 Å². The van der Waals surface area contributed by atoms with Gasteiger partial charge in [0.2, 0.25) is 0 Å². The Morgan fingerprint density at radius 3 is 1.45 bits per heavy atom. The van der Waals surface area contributed by atoms with Crippen LogP contribution in [0.3, 0.4) is 0 Å². The molecule has 0 radical (unpaired) electrons. The number of carbonyl (C=O) groups excluding carboxylic acids is 1. The van der Waals surface area contributed by atoms with Crippen LogP contribution >= 0.6 is 45.2 Å². The molecule has 0 aliphatic carbocycles. The summed E-state index contributed by atoms with van der Waals surface area (Å²) < 4.78 is 24.2. The van der Waals surface area contributed by atoms with E-state index in [0.717, 1.165) is 87.6 Å². The SMILES string of the molecule is CC(C)(C)OC(=O)N1CCC(n2cnc(-c3ccc(I)cc3)c2-c2ccnc(Oc3ccccc3)n2)CC1.Ic1ccc(-c2ncn(C3CCNCC3)c2-c2ccnc(Oc3ccccc3)n2)cc1. The van der Waals surface area contributed by atoms with Crippen molar-refractivity contribution in [1.82, 2.24) is 49.3 Å². The number of nitrogens with zero attached hydrogens (tertiary/aromatic N) is 9. The summed E-state index contributed by atoms with van der Waals surface area (Å²) in [5, 5.41) is 3.44. The average molecular weight is 1150 g/mol. The zero-order valence-electron chi connectivity index (χ0n) is 38.6. The smallest absolute Gasteiger partial charge is 0.410 e. The molecule has 16 heteroatoms. The van der Waals surface area contributed by atoms with E-state index in [-0.39, 0.29) is 18.1 Å². The molecular weight excluding hydrogens is 1090 g/mol. The van der Waals surface area contributed by atoms with Crippen molar-refractivity contribution < 1.29 is 19.0 Å². The fourth-order valence-corrected chi connectivity index (χ4v) is 9.11. The second kappa shape index (κ2) is 22.0. The number of rotatable bonds is 10. The van der Waals surface area contributed by atoms with E-state index < -0.39 is 5.60 Å². The summed E-state index contributed by atoms with van der Waals surface area (Å²) in [6, 6.07) is 40.8. The Bertz CT molecular complexity index is 2950. The number of likely N-dealkylation sites (tertiary alicyclic amines) is 1. The molecule has 1 N–H and O–H groups in total. The van der Waals surface area contributed by atoms with E-state index in [1.165, 1.54) is 3.57 Å². The van der Waals surface area contributed by atoms with Gasteiger partial charge in [-0.1, -0.05) is 60.7 Å². The van der Waals surface area contributed by atoms with Crippen molar-refractivity contribution in [2.75, 3.05) is 26.2 Å². The van der Waals surface area contributed by atoms with Gasteiger partial charge >= 0.3 is 18.1 Å². The van der Waals surface area contributed by atoms with Crippen LogP contribution in [0.25, 0.3) is 45.3 Å². The second-order valence-corrected chi connectivity index (χ2v) is 20.2. The van der Waals surface area contributed by atoms with Gasteiger partial charge in [-0.3, -0.25) is 0 Å². The lowest BCUT2D eigenvalue weighted by atomic mass is 10.0. The van der Waals surface area contributed by atoms with Gasteiger partial charge in [-0.2, -0.15) is 9.97 Å². The zero-order valence-corrected chi connectivity index (χ0v) is 42.9. The van der Waals surface area contributed by atoms with Gasteiger partial charge in [-0.25, -0.2) is 24.7 Å². The molecule has 2 aliphatic rings. The number of nitrogens with one attached hydrogen (secondary N) is 1. The van der Waals surface area contributed by atoms with Crippen LogP contribution in [0.5, 0.6) is 23.5 Å². The van der Waals surface area contributed by atoms with Crippen LogP contribution in [0.4, 0.5) is 4.79 Å². The number of ether oxygens (including phenoxy) is 3. The highest BCUT2D eigenvalue weighted by atomic mass is 127. The Morgan fingerprint density at radius 1 is 0.580 bits per heavy atom. The van der Waals surface area contributed by atoms with Crippen molar-refractivity contribution in [3.63, 3.8) is 0 Å². The van der Waals surface area contributed by atoms with Crippen LogP contribution in [0.15, 0.2) is 146 Å². The van der Waals surface area contributed by atoms with Gasteiger partial charge in [0, 0.05) is 55.8 Å². The van der Waals surface area contributed by atoms with Gasteiger partial charge in [0.25, 0.3) is 0 Å². The fraction of sp³-hybridized carbons (Fsp3) is 0.264. The molecule has 0 saturated carbocycles. The van der Waals surface area contributed by atoms with Gasteiger partial charge in [0.15, 0.2) is 0 Å². The molecule has 2 fully saturated rings. The van der Waals surface area contributed by atoms with E-state index >= 15 is 0 Å². The zero-order chi connectivity index (χ0) is 47.7. The number of hydrogen-bond acceptors (Lipinski definition) is 11. The number of para-hydroxylation sites is 2. The minimum atomic E-state index is -0.513. The van der Waals surface area contributed by atoms with E-state index in [1.54, 1.807) is 17.3 Å². The van der Waals surface area contributed by atoms with E-state index in [0.29, 0.717) is 36.6 Å². The monoisotopic (exact) mass is 1150 g/mol. The molecule has 352 valence electrons. The Kier molecular flexibility index (Phi) is 15.2. The normalized spacial score (nSPS) is 14.4. The molecule has 69 heavy (non-hydrogen) atoms. The molecule has 6 heterocycles. The maximum absolute atomic E-state index is 12.6. The highest BCUT2D eigenvalue weighted by Crippen LogP contribution is 2.38. The van der Waals surface area contributed by atoms with Gasteiger partial charge in [-0.15, -0.1) is 0 Å². The predicted molar refractivity (Wildman–Crippen MR) is 283 cm³/mol. The number of benzene rings is 4. The van der Waals surface area contributed by atoms with E-state index in [1.807, 2.05) is 106 Å². The van der Waals surface area contributed by atoms with Crippen LogP contribution in [0.1, 0.15) is 58.5 Å². The van der Waals surface area contributed by atoms with Crippen molar-refractivity contribution in [3.8, 4) is 68.8 Å². The van der Waals surface area contributed by atoms with Gasteiger partial charge < -0.3 is 33.6 Å². The van der Waals surface area contributed by atoms with Crippen LogP contribution in [0, 0.1) is 7.14 Å². The van der Waals surface area contributed by atoms with Crippen molar-refractivity contribution in [3.05, 3.63) is 154 Å². The van der Waals surface area contributed by atoms with Crippen LogP contribution in [0.2, 0.25) is 0 Å². The first-order valence-electron chi connectivity index (χ1n) is 23.0. The van der Waals surface area contributed by atoms with Crippen molar-refractivity contribution >= 4 is 51.3 Å². The second-order valence-electron chi connectivity index (χ2n) is 17.7. The van der Waals surface area contributed by atoms with Gasteiger partial charge in [-0.05, 0) is 165 Å². The lowest BCUT2D eigenvalue weighted by Crippen LogP contribution is -2.42. The number of amides is 1. The van der Waals surface area contributed by atoms with Crippen molar-refractivity contribution in [2.24, 2.45) is 0 Å². The standard InChI is InChI=1S/C29H30IN5O3.C24H22IN5O/c1-29(2,3)38-28(36)34-17-14-22(15-18-34)35-19-32-25(20-9-11-21(30)12-10-20)26(35)24-13-16-31-27(33-24)37-23-7-5-4-6-8-23;25-18-8-6-17(7-9-18)22-23(30(16-28-22)19-10-13-26-14-11-19)21-12-15-27-24(29-21)31-20-4-2-1-3-5-20/h4-13,16,19,22H,14-15,17-18H2,1-3H3;1-9,12,15-16,19,26H,10-11,13-14H2. The minimum absolute atomic E-state index is 0.155. The van der Waals surface area contributed by atoms with E-state index in [2.05, 4.69) is 118 Å². The topological polar surface area (TPSA) is 147 Å². The lowest BCUT2D eigenvalue weighted by Gasteiger charge is -2.34. The molecule has 0 atom stereocenters. The number of imidazole rings is 2. The molecule has 4 aromatic carbocycles. The summed E-state index contributed by atoms with van der Waals surface area (Å²) in [6.07, 6.45) is 10.7. The first-order valence-corrected chi connectivity index (χ1v) is 25.2. The molecule has 0 unspecified atom stereocenters. The molecule has 0 bridgehead atoms. The molecule has 10 rings (SSSR count). The fourth-order valence-electron chi connectivity index (χ4n) is 8.39. The molecule has 0 spiro atoms. The summed E-state index contributed by atoms with van der Waals surface area (Å²) in [5.41, 5.74) is 6.80. The first-order chi connectivity index (χ1) is 33.5. The third-order valence-electron chi connectivity index (χ3n) is 11.7. The number of piperidine rings is 2. The quantitative estimate of drug-likeness (QED) is 0.131. The number of hydrogen-bond donors (Lipinski definition) is 1. The lowest BCUT2D eigenvalue weighted by molar-refractivity contribution is 0.0189. The number of halogens is 2. The summed E-state index contributed by atoms with van der Waals surface area (Å²) >= 11 is 4.62. The highest BCUT2D eigenvalue weighted by Gasteiger charge is 2.30. The summed E-state index contributed by atoms with van der Waals surface area (Å²) in [4.78, 5) is 42.2. The third-order valence-corrected chi connectivity index (χ3v) is 13.1. The molecule has 14 nitrogen and oxygen atoms in total. The maximum Gasteiger partial charge on any atom is 0.410 e. The van der Waals surface area contributed by atoms with Crippen molar-refractivity contribution in [2.45, 2.75) is 64.1 Å². The average Bonchev–Trinajstić information content (AvgIpc) is 4.02. The highest BCUT2D eigenvalue weighted by molar-refractivity contribution is 14.1. The summed E-state index contributed by atoms with van der Waals surface area (Å²) in [5.74, 6) is 1.38.